The second-order valence-corrected chi connectivity index (χ2v) is 6.19. The van der Waals surface area contributed by atoms with Crippen molar-refractivity contribution in [1.29, 1.82) is 0 Å². The zero-order chi connectivity index (χ0) is 13.5. The van der Waals surface area contributed by atoms with Crippen LogP contribution < -0.4 is 5.32 Å². The highest BCUT2D eigenvalue weighted by atomic mass is 16.3. The van der Waals surface area contributed by atoms with Gasteiger partial charge in [0.2, 0.25) is 0 Å². The Labute approximate surface area is 114 Å². The zero-order valence-corrected chi connectivity index (χ0v) is 11.9. The number of hydrogen-bond donors (Lipinski definition) is 1. The lowest BCUT2D eigenvalue weighted by atomic mass is 9.85. The van der Waals surface area contributed by atoms with E-state index in [1.807, 2.05) is 13.0 Å². The molecule has 0 amide bonds. The van der Waals surface area contributed by atoms with Crippen LogP contribution in [0.4, 0.5) is 0 Å². The Morgan fingerprint density at radius 2 is 2.00 bits per heavy atom. The van der Waals surface area contributed by atoms with Gasteiger partial charge in [-0.25, -0.2) is 0 Å². The Morgan fingerprint density at radius 3 is 2.74 bits per heavy atom. The minimum Gasteiger partial charge on any atom is -0.465 e. The van der Waals surface area contributed by atoms with Gasteiger partial charge in [0.15, 0.2) is 0 Å². The molecule has 1 aliphatic carbocycles. The van der Waals surface area contributed by atoms with E-state index < -0.39 is 0 Å². The van der Waals surface area contributed by atoms with E-state index in [4.69, 9.17) is 4.42 Å². The molecule has 19 heavy (non-hydrogen) atoms. The van der Waals surface area contributed by atoms with Gasteiger partial charge in [0.05, 0.1) is 6.54 Å². The maximum atomic E-state index is 5.64. The van der Waals surface area contributed by atoms with E-state index in [0.29, 0.717) is 6.04 Å². The van der Waals surface area contributed by atoms with E-state index in [2.05, 4.69) is 49.5 Å². The van der Waals surface area contributed by atoms with E-state index >= 15 is 0 Å². The molecule has 0 saturated carbocycles. The summed E-state index contributed by atoms with van der Waals surface area (Å²) in [6, 6.07) is 13.2. The first-order valence-corrected chi connectivity index (χ1v) is 6.93. The van der Waals surface area contributed by atoms with Crippen LogP contribution in [0.15, 0.2) is 40.8 Å². The largest absolute Gasteiger partial charge is 0.465 e. The summed E-state index contributed by atoms with van der Waals surface area (Å²) < 4.78 is 5.64. The van der Waals surface area contributed by atoms with Crippen molar-refractivity contribution >= 4 is 0 Å². The van der Waals surface area contributed by atoms with E-state index in [9.17, 15) is 0 Å². The van der Waals surface area contributed by atoms with Gasteiger partial charge in [-0.1, -0.05) is 38.1 Å². The number of rotatable bonds is 3. The minimum absolute atomic E-state index is 0.255. The SMILES string of the molecule is Cc1ccc(CNC2c3ccccc3CC2(C)C)o1. The fourth-order valence-corrected chi connectivity index (χ4v) is 3.16. The zero-order valence-electron chi connectivity index (χ0n) is 11.9. The minimum atomic E-state index is 0.255. The van der Waals surface area contributed by atoms with Crippen LogP contribution in [0.25, 0.3) is 0 Å². The third kappa shape index (κ3) is 2.33. The molecule has 1 unspecified atom stereocenters. The number of nitrogens with one attached hydrogen (secondary N) is 1. The van der Waals surface area contributed by atoms with Crippen molar-refractivity contribution in [2.24, 2.45) is 5.41 Å². The molecule has 1 aromatic carbocycles. The normalized spacial score (nSPS) is 20.5. The second-order valence-electron chi connectivity index (χ2n) is 6.19. The fourth-order valence-electron chi connectivity index (χ4n) is 3.16. The first-order valence-electron chi connectivity index (χ1n) is 6.93. The molecule has 2 heteroatoms. The summed E-state index contributed by atoms with van der Waals surface area (Å²) in [6.07, 6.45) is 1.14. The molecule has 0 radical (unpaired) electrons. The molecule has 2 nitrogen and oxygen atoms in total. The summed E-state index contributed by atoms with van der Waals surface area (Å²) in [5.74, 6) is 1.99. The number of aryl methyl sites for hydroxylation is 1. The summed E-state index contributed by atoms with van der Waals surface area (Å²) in [5.41, 5.74) is 3.17. The first-order chi connectivity index (χ1) is 9.06. The molecule has 0 aliphatic heterocycles. The highest BCUT2D eigenvalue weighted by Gasteiger charge is 2.38. The van der Waals surface area contributed by atoms with Gasteiger partial charge in [0.1, 0.15) is 11.5 Å². The van der Waals surface area contributed by atoms with Crippen molar-refractivity contribution in [3.8, 4) is 0 Å². The lowest BCUT2D eigenvalue weighted by molar-refractivity contribution is 0.261. The van der Waals surface area contributed by atoms with Crippen molar-refractivity contribution in [3.05, 3.63) is 59.0 Å². The van der Waals surface area contributed by atoms with Gasteiger partial charge in [-0.3, -0.25) is 0 Å². The van der Waals surface area contributed by atoms with Crippen molar-refractivity contribution in [1.82, 2.24) is 5.32 Å². The topological polar surface area (TPSA) is 25.2 Å². The molecule has 1 heterocycles. The Bertz CT molecular complexity index is 582. The van der Waals surface area contributed by atoms with Gasteiger partial charge < -0.3 is 9.73 Å². The smallest absolute Gasteiger partial charge is 0.117 e. The van der Waals surface area contributed by atoms with Crippen LogP contribution in [0.3, 0.4) is 0 Å². The number of fused-ring (bicyclic) bond motifs is 1. The average Bonchev–Trinajstić information content (AvgIpc) is 2.87. The third-order valence-corrected chi connectivity index (χ3v) is 4.07. The van der Waals surface area contributed by atoms with Crippen LogP contribution in [0.5, 0.6) is 0 Å². The Hall–Kier alpha value is -1.54. The van der Waals surface area contributed by atoms with Crippen LogP contribution >= 0.6 is 0 Å². The highest BCUT2D eigenvalue weighted by Crippen LogP contribution is 2.45. The quantitative estimate of drug-likeness (QED) is 0.896. The van der Waals surface area contributed by atoms with Crippen molar-refractivity contribution in [3.63, 3.8) is 0 Å². The van der Waals surface area contributed by atoms with Crippen LogP contribution in [0.2, 0.25) is 0 Å². The van der Waals surface area contributed by atoms with E-state index in [0.717, 1.165) is 24.5 Å². The lowest BCUT2D eigenvalue weighted by Crippen LogP contribution is -2.30. The molecule has 0 fully saturated rings. The number of benzene rings is 1. The summed E-state index contributed by atoms with van der Waals surface area (Å²) in [7, 11) is 0. The van der Waals surface area contributed by atoms with Crippen LogP contribution in [-0.2, 0) is 13.0 Å². The van der Waals surface area contributed by atoms with Gasteiger partial charge in [0, 0.05) is 6.04 Å². The van der Waals surface area contributed by atoms with Crippen LogP contribution in [0.1, 0.15) is 42.5 Å². The molecule has 1 atom stereocenters. The molecule has 0 bridgehead atoms. The molecule has 1 aliphatic rings. The molecule has 1 N–H and O–H groups in total. The second kappa shape index (κ2) is 4.53. The van der Waals surface area contributed by atoms with Gasteiger partial charge in [0.25, 0.3) is 0 Å². The molecular weight excluding hydrogens is 234 g/mol. The standard InChI is InChI=1S/C17H21NO/c1-12-8-9-14(19-12)11-18-16-15-7-5-4-6-13(15)10-17(16,2)3/h4-9,16,18H,10-11H2,1-3H3. The van der Waals surface area contributed by atoms with Crippen LogP contribution in [-0.4, -0.2) is 0 Å². The Balaban J connectivity index is 1.79. The maximum absolute atomic E-state index is 5.64. The maximum Gasteiger partial charge on any atom is 0.117 e. The Morgan fingerprint density at radius 1 is 1.21 bits per heavy atom. The van der Waals surface area contributed by atoms with E-state index in [1.54, 1.807) is 0 Å². The monoisotopic (exact) mass is 255 g/mol. The molecule has 1 aromatic heterocycles. The lowest BCUT2D eigenvalue weighted by Gasteiger charge is -2.28. The van der Waals surface area contributed by atoms with Gasteiger partial charge >= 0.3 is 0 Å². The summed E-state index contributed by atoms with van der Waals surface area (Å²) in [5, 5.41) is 3.66. The number of hydrogen-bond acceptors (Lipinski definition) is 2. The van der Waals surface area contributed by atoms with E-state index in [1.165, 1.54) is 11.1 Å². The fraction of sp³-hybridized carbons (Fsp3) is 0.412. The predicted octanol–water partition coefficient (Wildman–Crippen LogP) is 4.00. The van der Waals surface area contributed by atoms with E-state index in [-0.39, 0.29) is 5.41 Å². The third-order valence-electron chi connectivity index (χ3n) is 4.07. The molecule has 0 saturated heterocycles. The van der Waals surface area contributed by atoms with Gasteiger partial charge in [-0.05, 0) is 42.0 Å². The average molecular weight is 255 g/mol. The molecule has 3 rings (SSSR count). The summed E-state index contributed by atoms with van der Waals surface area (Å²) in [4.78, 5) is 0. The van der Waals surface area contributed by atoms with Gasteiger partial charge in [-0.15, -0.1) is 0 Å². The summed E-state index contributed by atoms with van der Waals surface area (Å²) in [6.45, 7) is 7.44. The molecule has 0 spiro atoms. The van der Waals surface area contributed by atoms with Crippen molar-refractivity contribution in [2.75, 3.05) is 0 Å². The van der Waals surface area contributed by atoms with Gasteiger partial charge in [-0.2, -0.15) is 0 Å². The molecule has 100 valence electrons. The van der Waals surface area contributed by atoms with Crippen molar-refractivity contribution < 1.29 is 4.42 Å². The molecule has 2 aromatic rings. The highest BCUT2D eigenvalue weighted by molar-refractivity contribution is 5.37. The first kappa shape index (κ1) is 12.5. The Kier molecular flexibility index (Phi) is 2.98. The van der Waals surface area contributed by atoms with Crippen molar-refractivity contribution in [2.45, 2.75) is 39.8 Å². The molecular formula is C17H21NO. The summed E-state index contributed by atoms with van der Waals surface area (Å²) >= 11 is 0. The number of furan rings is 1. The van der Waals surface area contributed by atoms with Crippen LogP contribution in [0, 0.1) is 12.3 Å². The predicted molar refractivity (Wildman–Crippen MR) is 77.0 cm³/mol.